The van der Waals surface area contributed by atoms with Crippen LogP contribution in [0.4, 0.5) is 0 Å². The van der Waals surface area contributed by atoms with Crippen molar-refractivity contribution in [1.29, 1.82) is 5.26 Å². The number of benzene rings is 1. The molecule has 4 heteroatoms. The van der Waals surface area contributed by atoms with E-state index in [2.05, 4.69) is 18.6 Å². The third-order valence-corrected chi connectivity index (χ3v) is 3.00. The first-order valence-electron chi connectivity index (χ1n) is 6.17. The molecule has 1 aromatic carbocycles. The van der Waals surface area contributed by atoms with Crippen molar-refractivity contribution in [1.82, 2.24) is 0 Å². The van der Waals surface area contributed by atoms with Gasteiger partial charge in [0.2, 0.25) is 0 Å². The van der Waals surface area contributed by atoms with E-state index >= 15 is 0 Å². The van der Waals surface area contributed by atoms with Crippen LogP contribution in [0.3, 0.4) is 0 Å². The van der Waals surface area contributed by atoms with Gasteiger partial charge in [0, 0.05) is 0 Å². The maximum Gasteiger partial charge on any atom is 0.323 e. The van der Waals surface area contributed by atoms with Crippen LogP contribution in [0.15, 0.2) is 18.2 Å². The summed E-state index contributed by atoms with van der Waals surface area (Å²) in [6.45, 7) is 4.15. The summed E-state index contributed by atoms with van der Waals surface area (Å²) in [5.74, 6) is -0.123. The molecule has 0 aliphatic rings. The Balaban J connectivity index is 3.00. The highest BCUT2D eigenvalue weighted by molar-refractivity contribution is 5.75. The van der Waals surface area contributed by atoms with Gasteiger partial charge in [-0.2, -0.15) is 5.26 Å². The molecule has 0 bridgehead atoms. The van der Waals surface area contributed by atoms with Gasteiger partial charge in [0.15, 0.2) is 0 Å². The molecule has 0 fully saturated rings. The number of nitrogens with zero attached hydrogens (tertiary/aromatic N) is 1. The number of hydrogen-bond donors (Lipinski definition) is 0. The number of carbonyl (C=O) groups is 1. The van der Waals surface area contributed by atoms with Gasteiger partial charge in [0.1, 0.15) is 11.7 Å². The van der Waals surface area contributed by atoms with E-state index in [1.165, 1.54) is 7.11 Å². The third kappa shape index (κ3) is 3.72. The van der Waals surface area contributed by atoms with E-state index in [9.17, 15) is 4.79 Å². The molecule has 0 saturated carbocycles. The fourth-order valence-electron chi connectivity index (χ4n) is 1.92. The van der Waals surface area contributed by atoms with Gasteiger partial charge in [-0.1, -0.05) is 26.0 Å². The molecule has 0 radical (unpaired) electrons. The molecule has 0 N–H and O–H groups in total. The van der Waals surface area contributed by atoms with Crippen molar-refractivity contribution in [3.8, 4) is 11.8 Å². The van der Waals surface area contributed by atoms with Gasteiger partial charge in [-0.05, 0) is 29.5 Å². The summed E-state index contributed by atoms with van der Waals surface area (Å²) in [7, 11) is 2.92. The Morgan fingerprint density at radius 1 is 1.37 bits per heavy atom. The zero-order valence-electron chi connectivity index (χ0n) is 11.8. The summed E-state index contributed by atoms with van der Waals surface area (Å²) in [5.41, 5.74) is 2.00. The van der Waals surface area contributed by atoms with Crippen molar-refractivity contribution in [3.05, 3.63) is 29.3 Å². The van der Waals surface area contributed by atoms with E-state index in [1.54, 1.807) is 7.11 Å². The second kappa shape index (κ2) is 6.79. The largest absolute Gasteiger partial charge is 0.496 e. The number of rotatable bonds is 5. The standard InChI is InChI=1S/C15H19NO3/c1-10(2)13-8-11(5-6-14(13)18-3)7-12(9-16)15(17)19-4/h5-6,8,10,12H,7H2,1-4H3. The molecule has 0 amide bonds. The van der Waals surface area contributed by atoms with Crippen molar-refractivity contribution >= 4 is 5.97 Å². The topological polar surface area (TPSA) is 59.3 Å². The molecule has 0 aliphatic carbocycles. The molecule has 0 aliphatic heterocycles. The maximum absolute atomic E-state index is 11.4. The molecule has 19 heavy (non-hydrogen) atoms. The van der Waals surface area contributed by atoms with Gasteiger partial charge in [-0.15, -0.1) is 0 Å². The summed E-state index contributed by atoms with van der Waals surface area (Å²) < 4.78 is 9.92. The summed E-state index contributed by atoms with van der Waals surface area (Å²) in [5, 5.41) is 8.99. The van der Waals surface area contributed by atoms with Crippen LogP contribution in [0.2, 0.25) is 0 Å². The lowest BCUT2D eigenvalue weighted by Crippen LogP contribution is -2.17. The van der Waals surface area contributed by atoms with Crippen LogP contribution in [0.25, 0.3) is 0 Å². The van der Waals surface area contributed by atoms with E-state index < -0.39 is 11.9 Å². The highest BCUT2D eigenvalue weighted by Crippen LogP contribution is 2.28. The van der Waals surface area contributed by atoms with Crippen LogP contribution in [-0.2, 0) is 16.0 Å². The molecule has 1 aromatic rings. The van der Waals surface area contributed by atoms with Gasteiger partial charge in [0.25, 0.3) is 0 Å². The van der Waals surface area contributed by atoms with Crippen LogP contribution in [-0.4, -0.2) is 20.2 Å². The van der Waals surface area contributed by atoms with Crippen LogP contribution in [0, 0.1) is 17.2 Å². The van der Waals surface area contributed by atoms with Gasteiger partial charge in [-0.3, -0.25) is 4.79 Å². The minimum Gasteiger partial charge on any atom is -0.496 e. The molecule has 0 spiro atoms. The first-order valence-corrected chi connectivity index (χ1v) is 6.17. The molecule has 102 valence electrons. The quantitative estimate of drug-likeness (QED) is 0.764. The van der Waals surface area contributed by atoms with E-state index in [4.69, 9.17) is 10.00 Å². The van der Waals surface area contributed by atoms with Gasteiger partial charge >= 0.3 is 5.97 Å². The zero-order valence-corrected chi connectivity index (χ0v) is 11.8. The molecule has 0 saturated heterocycles. The van der Waals surface area contributed by atoms with E-state index in [0.29, 0.717) is 12.3 Å². The molecular formula is C15H19NO3. The SMILES string of the molecule is COC(=O)C(C#N)Cc1ccc(OC)c(C(C)C)c1. The van der Waals surface area contributed by atoms with Gasteiger partial charge in [-0.25, -0.2) is 0 Å². The highest BCUT2D eigenvalue weighted by atomic mass is 16.5. The van der Waals surface area contributed by atoms with Crippen molar-refractivity contribution in [3.63, 3.8) is 0 Å². The summed E-state index contributed by atoms with van der Waals surface area (Å²) in [6, 6.07) is 7.70. The summed E-state index contributed by atoms with van der Waals surface area (Å²) >= 11 is 0. The molecular weight excluding hydrogens is 242 g/mol. The summed E-state index contributed by atoms with van der Waals surface area (Å²) in [6.07, 6.45) is 0.354. The van der Waals surface area contributed by atoms with Crippen LogP contribution >= 0.6 is 0 Å². The number of nitriles is 1. The lowest BCUT2D eigenvalue weighted by atomic mass is 9.95. The lowest BCUT2D eigenvalue weighted by Gasteiger charge is -2.14. The van der Waals surface area contributed by atoms with Crippen LogP contribution in [0.1, 0.15) is 30.9 Å². The Morgan fingerprint density at radius 2 is 2.05 bits per heavy atom. The van der Waals surface area contributed by atoms with Crippen molar-refractivity contribution in [2.45, 2.75) is 26.2 Å². The first kappa shape index (κ1) is 15.0. The fourth-order valence-corrected chi connectivity index (χ4v) is 1.92. The second-order valence-electron chi connectivity index (χ2n) is 4.64. The number of carbonyl (C=O) groups excluding carboxylic acids is 1. The Hall–Kier alpha value is -2.02. The predicted molar refractivity (Wildman–Crippen MR) is 71.9 cm³/mol. The molecule has 4 nitrogen and oxygen atoms in total. The normalized spacial score (nSPS) is 11.8. The Kier molecular flexibility index (Phi) is 5.37. The van der Waals surface area contributed by atoms with Crippen molar-refractivity contribution in [2.24, 2.45) is 5.92 Å². The Bertz CT molecular complexity index is 489. The summed E-state index contributed by atoms with van der Waals surface area (Å²) in [4.78, 5) is 11.4. The average Bonchev–Trinajstić information content (AvgIpc) is 2.43. The minimum atomic E-state index is -0.765. The maximum atomic E-state index is 11.4. The third-order valence-electron chi connectivity index (χ3n) is 3.00. The molecule has 1 unspecified atom stereocenters. The zero-order chi connectivity index (χ0) is 14.4. The van der Waals surface area contributed by atoms with Crippen molar-refractivity contribution in [2.75, 3.05) is 14.2 Å². The number of methoxy groups -OCH3 is 2. The lowest BCUT2D eigenvalue weighted by molar-refractivity contribution is -0.143. The van der Waals surface area contributed by atoms with Gasteiger partial charge in [0.05, 0.1) is 20.3 Å². The average molecular weight is 261 g/mol. The second-order valence-corrected chi connectivity index (χ2v) is 4.64. The number of ether oxygens (including phenoxy) is 2. The predicted octanol–water partition coefficient (Wildman–Crippen LogP) is 2.67. The Morgan fingerprint density at radius 3 is 2.53 bits per heavy atom. The highest BCUT2D eigenvalue weighted by Gasteiger charge is 2.19. The van der Waals surface area contributed by atoms with Crippen LogP contribution < -0.4 is 4.74 Å². The van der Waals surface area contributed by atoms with Crippen LogP contribution in [0.5, 0.6) is 5.75 Å². The number of hydrogen-bond acceptors (Lipinski definition) is 4. The monoisotopic (exact) mass is 261 g/mol. The van der Waals surface area contributed by atoms with E-state index in [-0.39, 0.29) is 0 Å². The minimum absolute atomic E-state index is 0.313. The molecule has 1 rings (SSSR count). The van der Waals surface area contributed by atoms with Crippen molar-refractivity contribution < 1.29 is 14.3 Å². The van der Waals surface area contributed by atoms with Gasteiger partial charge < -0.3 is 9.47 Å². The molecule has 1 atom stereocenters. The fraction of sp³-hybridized carbons (Fsp3) is 0.467. The molecule has 0 heterocycles. The smallest absolute Gasteiger partial charge is 0.323 e. The van der Waals surface area contributed by atoms with E-state index in [1.807, 2.05) is 24.3 Å². The Labute approximate surface area is 113 Å². The number of esters is 1. The van der Waals surface area contributed by atoms with E-state index in [0.717, 1.165) is 16.9 Å². The first-order chi connectivity index (χ1) is 9.03. The molecule has 0 aromatic heterocycles.